The first-order valence-corrected chi connectivity index (χ1v) is 19.1. The number of fused-ring (bicyclic) bond motifs is 9. The van der Waals surface area contributed by atoms with Gasteiger partial charge in [-0.15, -0.1) is 22.7 Å². The molecular formula is C48H29BN2OS2. The molecule has 0 spiro atoms. The second-order valence-electron chi connectivity index (χ2n) is 13.3. The van der Waals surface area contributed by atoms with Crippen LogP contribution >= 0.6 is 22.7 Å². The van der Waals surface area contributed by atoms with Gasteiger partial charge in [0.1, 0.15) is 6.95 Å². The lowest BCUT2D eigenvalue weighted by Gasteiger charge is -2.42. The van der Waals surface area contributed by atoms with Gasteiger partial charge in [0.15, 0.2) is 0 Å². The highest BCUT2D eigenvalue weighted by Crippen LogP contribution is 2.52. The quantitative estimate of drug-likeness (QED) is 0.168. The highest BCUT2D eigenvalue weighted by molar-refractivity contribution is 7.35. The summed E-state index contributed by atoms with van der Waals surface area (Å²) in [5, 5.41) is 3.06. The third-order valence-corrected chi connectivity index (χ3v) is 12.8. The smallest absolute Gasteiger partial charge is 0.266 e. The van der Waals surface area contributed by atoms with Gasteiger partial charge in [0.25, 0.3) is 6.71 Å². The van der Waals surface area contributed by atoms with Gasteiger partial charge in [0.2, 0.25) is 0 Å². The molecule has 0 bridgehead atoms. The molecule has 2 aliphatic heterocycles. The number of anilines is 6. The van der Waals surface area contributed by atoms with E-state index in [1.165, 1.54) is 0 Å². The van der Waals surface area contributed by atoms with Crippen molar-refractivity contribution < 1.29 is 18.1 Å². The van der Waals surface area contributed by atoms with Gasteiger partial charge in [-0.05, 0) is 93.6 Å². The topological polar surface area (TPSA) is 19.6 Å². The number of furan rings is 1. The normalized spacial score (nSPS) is 15.7. The molecule has 0 amide bonds. The lowest BCUT2D eigenvalue weighted by Crippen LogP contribution is -2.60. The number of thiophene rings is 2. The zero-order valence-electron chi connectivity index (χ0n) is 38.2. The van der Waals surface area contributed by atoms with Crippen LogP contribution in [0.25, 0.3) is 53.4 Å². The fourth-order valence-electron chi connectivity index (χ4n) is 8.24. The predicted octanol–water partition coefficient (Wildman–Crippen LogP) is 12.3. The maximum absolute atomic E-state index is 9.25. The monoisotopic (exact) mass is 734 g/mol. The summed E-state index contributed by atoms with van der Waals surface area (Å²) >= 11 is 3.35. The maximum Gasteiger partial charge on any atom is 0.266 e. The summed E-state index contributed by atoms with van der Waals surface area (Å²) in [6.07, 6.45) is -0.290. The molecule has 2 aliphatic rings. The van der Waals surface area contributed by atoms with Crippen molar-refractivity contribution >= 4 is 110 Å². The van der Waals surface area contributed by atoms with E-state index < -0.39 is 30.2 Å². The molecule has 3 aromatic heterocycles. The second-order valence-corrected chi connectivity index (χ2v) is 15.4. The van der Waals surface area contributed by atoms with Gasteiger partial charge < -0.3 is 14.2 Å². The first-order chi connectivity index (χ1) is 30.9. The average molecular weight is 735 g/mol. The summed E-state index contributed by atoms with van der Waals surface area (Å²) in [5.41, 5.74) is 7.61. The summed E-state index contributed by atoms with van der Waals surface area (Å²) in [4.78, 5) is 4.46. The average Bonchev–Trinajstić information content (AvgIpc) is 4.00. The van der Waals surface area contributed by atoms with Crippen LogP contribution in [0, 0.1) is 0 Å². The van der Waals surface area contributed by atoms with E-state index >= 15 is 0 Å². The van der Waals surface area contributed by atoms with Gasteiger partial charge in [-0.25, -0.2) is 0 Å². The zero-order chi connectivity index (χ0) is 44.0. The molecule has 12 rings (SSSR count). The van der Waals surface area contributed by atoms with E-state index in [0.717, 1.165) is 69.3 Å². The van der Waals surface area contributed by atoms with E-state index in [0.29, 0.717) is 11.1 Å². The van der Waals surface area contributed by atoms with E-state index in [1.807, 2.05) is 84.9 Å². The standard InChI is InChI=1S/C48H29BN2OS2/c1-4-14-30(15-5-1)31-24-25-43-37(26-31)46-47(53-43)49-44-36-21-11-13-23-42(36)54-48(44)51(34-18-8-3-9-19-34)40-28-32(38-29-52-41-22-12-10-20-35(38)41)27-39(45(40)49)50(46)33-16-6-2-7-17-33/h1-29H/i1D,4D,5D,10D,12D,14D,15D,20D,22D,29D. The number of para-hydroxylation sites is 3. The largest absolute Gasteiger partial charge is 0.464 e. The molecule has 6 heteroatoms. The zero-order valence-corrected chi connectivity index (χ0v) is 29.8. The molecule has 0 saturated carbocycles. The van der Waals surface area contributed by atoms with Gasteiger partial charge in [-0.3, -0.25) is 0 Å². The molecule has 0 atom stereocenters. The Morgan fingerprint density at radius 2 is 1.22 bits per heavy atom. The van der Waals surface area contributed by atoms with E-state index in [2.05, 4.69) is 40.1 Å². The van der Waals surface area contributed by atoms with Crippen LogP contribution in [0.5, 0.6) is 0 Å². The minimum absolute atomic E-state index is 0.0897. The van der Waals surface area contributed by atoms with Crippen LogP contribution in [-0.4, -0.2) is 6.71 Å². The van der Waals surface area contributed by atoms with Crippen LogP contribution in [0.2, 0.25) is 0 Å². The van der Waals surface area contributed by atoms with Crippen LogP contribution < -0.4 is 25.5 Å². The molecule has 0 N–H and O–H groups in total. The van der Waals surface area contributed by atoms with E-state index in [1.54, 1.807) is 22.7 Å². The number of hydrogen-bond donors (Lipinski definition) is 0. The van der Waals surface area contributed by atoms with Crippen molar-refractivity contribution in [3.63, 3.8) is 0 Å². The fraction of sp³-hybridized carbons (Fsp3) is 0. The molecule has 54 heavy (non-hydrogen) atoms. The van der Waals surface area contributed by atoms with Crippen molar-refractivity contribution in [3.8, 4) is 22.3 Å². The lowest BCUT2D eigenvalue weighted by molar-refractivity contribution is 0.617. The summed E-state index contributed by atoms with van der Waals surface area (Å²) in [7, 11) is 0. The van der Waals surface area contributed by atoms with Crippen molar-refractivity contribution in [1.29, 1.82) is 0 Å². The molecule has 5 heterocycles. The Bertz CT molecular complexity index is 3640. The molecule has 0 aliphatic carbocycles. The Hall–Kier alpha value is -6.34. The van der Waals surface area contributed by atoms with Gasteiger partial charge in [-0.2, -0.15) is 0 Å². The Labute approximate surface area is 334 Å². The van der Waals surface area contributed by atoms with Crippen molar-refractivity contribution in [2.45, 2.75) is 0 Å². The highest BCUT2D eigenvalue weighted by Gasteiger charge is 2.47. The van der Waals surface area contributed by atoms with Crippen LogP contribution in [0.4, 0.5) is 33.4 Å². The first-order valence-electron chi connectivity index (χ1n) is 22.5. The Morgan fingerprint density at radius 3 is 2.04 bits per heavy atom. The highest BCUT2D eigenvalue weighted by atomic mass is 32.1. The summed E-state index contributed by atoms with van der Waals surface area (Å²) < 4.78 is 96.1. The Morgan fingerprint density at radius 1 is 0.537 bits per heavy atom. The Kier molecular flexibility index (Phi) is 4.72. The lowest BCUT2D eigenvalue weighted by atomic mass is 9.36. The minimum atomic E-state index is -0.455. The third kappa shape index (κ3) is 4.29. The summed E-state index contributed by atoms with van der Waals surface area (Å²) in [6, 6.07) is 34.8. The number of hydrogen-bond acceptors (Lipinski definition) is 5. The predicted molar refractivity (Wildman–Crippen MR) is 232 cm³/mol. The van der Waals surface area contributed by atoms with Crippen molar-refractivity contribution in [1.82, 2.24) is 0 Å². The summed E-state index contributed by atoms with van der Waals surface area (Å²) in [6.45, 7) is -0.310. The van der Waals surface area contributed by atoms with E-state index in [4.69, 9.17) is 16.8 Å². The molecule has 0 unspecified atom stereocenters. The van der Waals surface area contributed by atoms with E-state index in [9.17, 15) is 1.37 Å². The molecule has 10 aromatic rings. The third-order valence-electron chi connectivity index (χ3n) is 10.5. The summed E-state index contributed by atoms with van der Waals surface area (Å²) in [5.74, 6) is 0. The van der Waals surface area contributed by atoms with Crippen molar-refractivity contribution in [2.24, 2.45) is 0 Å². The first kappa shape index (κ1) is 22.0. The molecule has 0 fully saturated rings. The molecule has 7 aromatic carbocycles. The SMILES string of the molecule is [2H]c1oc2c([2H])c([2H])c([2H])c([2H])c2c1-c1cc2c3c(c1)N(c1ccccc1)c1c(sc4ccc(-c5c([2H])c([2H])c([2H])c([2H])c5[2H])cc14)B3c1c(sc3ccccc13)N2c1ccccc1. The van der Waals surface area contributed by atoms with E-state index in [-0.39, 0.29) is 59.2 Å². The maximum atomic E-state index is 9.25. The fourth-order valence-corrected chi connectivity index (χ4v) is 10.8. The number of rotatable bonds is 4. The van der Waals surface area contributed by atoms with Crippen LogP contribution in [0.1, 0.15) is 13.7 Å². The molecular weight excluding hydrogens is 695 g/mol. The van der Waals surface area contributed by atoms with Gasteiger partial charge in [-0.1, -0.05) is 109 Å². The molecule has 0 radical (unpaired) electrons. The van der Waals surface area contributed by atoms with Crippen molar-refractivity contribution in [3.05, 3.63) is 176 Å². The molecule has 252 valence electrons. The molecule has 3 nitrogen and oxygen atoms in total. The number of benzene rings is 7. The van der Waals surface area contributed by atoms with Crippen molar-refractivity contribution in [2.75, 3.05) is 9.80 Å². The van der Waals surface area contributed by atoms with Crippen LogP contribution in [0.3, 0.4) is 0 Å². The minimum Gasteiger partial charge on any atom is -0.464 e. The molecule has 0 saturated heterocycles. The Balaban J connectivity index is 1.25. The van der Waals surface area contributed by atoms with Crippen LogP contribution in [0.15, 0.2) is 180 Å². The van der Waals surface area contributed by atoms with Gasteiger partial charge >= 0.3 is 0 Å². The second kappa shape index (κ2) is 11.6. The van der Waals surface area contributed by atoms with Gasteiger partial charge in [0, 0.05) is 53.3 Å². The number of nitrogens with zero attached hydrogens (tertiary/aromatic N) is 2. The van der Waals surface area contributed by atoms with Crippen LogP contribution in [-0.2, 0) is 0 Å². The van der Waals surface area contributed by atoms with Gasteiger partial charge in [0.05, 0.1) is 29.3 Å².